The second kappa shape index (κ2) is 6.79. The number of hydrogen-bond donors (Lipinski definition) is 1. The molecule has 0 aliphatic carbocycles. The van der Waals surface area contributed by atoms with E-state index in [1.807, 2.05) is 103 Å². The Morgan fingerprint density at radius 2 is 1.19 bits per heavy atom. The number of hydrogen-bond acceptors (Lipinski definition) is 3. The van der Waals surface area contributed by atoms with Gasteiger partial charge in [0.15, 0.2) is 0 Å². The molecule has 0 radical (unpaired) electrons. The van der Waals surface area contributed by atoms with Crippen molar-refractivity contribution in [3.63, 3.8) is 0 Å². The summed E-state index contributed by atoms with van der Waals surface area (Å²) in [7, 11) is 0. The monoisotopic (exact) mass is 401 g/mol. The molecular weight excluding hydrogens is 382 g/mol. The molecule has 0 fully saturated rings. The van der Waals surface area contributed by atoms with Crippen LogP contribution in [0.5, 0.6) is 11.5 Å². The number of aliphatic hydroxyl groups is 1. The third kappa shape index (κ3) is 2.68. The highest BCUT2D eigenvalue weighted by molar-refractivity contribution is 5.85. The Bertz CT molecular complexity index is 1380. The third-order valence-electron chi connectivity index (χ3n) is 5.93. The quantitative estimate of drug-likeness (QED) is 0.378. The summed E-state index contributed by atoms with van der Waals surface area (Å²) in [6.07, 6.45) is 0. The normalized spacial score (nSPS) is 13.8. The van der Waals surface area contributed by atoms with E-state index in [2.05, 4.69) is 6.07 Å². The van der Waals surface area contributed by atoms with Crippen molar-refractivity contribution in [1.29, 1.82) is 0 Å². The van der Waals surface area contributed by atoms with E-state index in [1.54, 1.807) is 0 Å². The standard InChI is InChI=1S/C28H19NO2/c30-28(21-13-5-8-16-25(21)31-26-17-9-6-14-22(26)28)23-18-20-12-4-7-15-24(20)29-27(23)19-10-2-1-3-11-19/h1-18,30H. The highest BCUT2D eigenvalue weighted by atomic mass is 16.5. The molecule has 3 heteroatoms. The van der Waals surface area contributed by atoms with Crippen molar-refractivity contribution in [2.45, 2.75) is 5.60 Å². The van der Waals surface area contributed by atoms with Gasteiger partial charge in [0.05, 0.1) is 11.2 Å². The van der Waals surface area contributed by atoms with E-state index in [1.165, 1.54) is 0 Å². The van der Waals surface area contributed by atoms with Crippen molar-refractivity contribution < 1.29 is 9.84 Å². The summed E-state index contributed by atoms with van der Waals surface area (Å²) in [5, 5.41) is 13.5. The lowest BCUT2D eigenvalue weighted by Gasteiger charge is -2.37. The largest absolute Gasteiger partial charge is 0.457 e. The van der Waals surface area contributed by atoms with Crippen molar-refractivity contribution in [1.82, 2.24) is 4.98 Å². The van der Waals surface area contributed by atoms with Gasteiger partial charge >= 0.3 is 0 Å². The van der Waals surface area contributed by atoms with Gasteiger partial charge in [-0.3, -0.25) is 0 Å². The van der Waals surface area contributed by atoms with E-state index in [-0.39, 0.29) is 0 Å². The predicted molar refractivity (Wildman–Crippen MR) is 122 cm³/mol. The molecule has 6 rings (SSSR count). The van der Waals surface area contributed by atoms with Crippen LogP contribution in [0.2, 0.25) is 0 Å². The van der Waals surface area contributed by atoms with Gasteiger partial charge in [0.25, 0.3) is 0 Å². The molecule has 3 nitrogen and oxygen atoms in total. The average Bonchev–Trinajstić information content (AvgIpc) is 2.84. The first-order valence-corrected chi connectivity index (χ1v) is 10.3. The van der Waals surface area contributed by atoms with Gasteiger partial charge in [0, 0.05) is 27.6 Å². The van der Waals surface area contributed by atoms with Gasteiger partial charge in [-0.25, -0.2) is 4.98 Å². The molecular formula is C28H19NO2. The maximum Gasteiger partial charge on any atom is 0.149 e. The van der Waals surface area contributed by atoms with Gasteiger partial charge in [-0.15, -0.1) is 0 Å². The highest BCUT2D eigenvalue weighted by Crippen LogP contribution is 2.51. The van der Waals surface area contributed by atoms with E-state index in [4.69, 9.17) is 9.72 Å². The number of rotatable bonds is 2. The van der Waals surface area contributed by atoms with E-state index < -0.39 is 5.60 Å². The van der Waals surface area contributed by atoms with Crippen LogP contribution in [0, 0.1) is 0 Å². The summed E-state index contributed by atoms with van der Waals surface area (Å²) in [5.41, 5.74) is 3.36. The van der Waals surface area contributed by atoms with Crippen LogP contribution in [0.3, 0.4) is 0 Å². The molecule has 0 atom stereocenters. The van der Waals surface area contributed by atoms with E-state index in [0.29, 0.717) is 22.6 Å². The number of para-hydroxylation sites is 3. The fourth-order valence-corrected chi connectivity index (χ4v) is 4.47. The van der Waals surface area contributed by atoms with Gasteiger partial charge in [-0.1, -0.05) is 84.9 Å². The lowest BCUT2D eigenvalue weighted by molar-refractivity contribution is 0.113. The Hall–Kier alpha value is -3.95. The SMILES string of the molecule is OC1(c2cc3ccccc3nc2-c2ccccc2)c2ccccc2Oc2ccccc21. The number of fused-ring (bicyclic) bond motifs is 3. The second-order valence-electron chi connectivity index (χ2n) is 7.75. The third-order valence-corrected chi connectivity index (χ3v) is 5.93. The topological polar surface area (TPSA) is 42.4 Å². The van der Waals surface area contributed by atoms with Crippen LogP contribution in [-0.2, 0) is 5.60 Å². The number of nitrogens with zero attached hydrogens (tertiary/aromatic N) is 1. The minimum Gasteiger partial charge on any atom is -0.457 e. The summed E-state index contributed by atoms with van der Waals surface area (Å²) >= 11 is 0. The number of pyridine rings is 1. The Balaban J connectivity index is 1.75. The molecule has 1 aliphatic rings. The fraction of sp³-hybridized carbons (Fsp3) is 0.0357. The predicted octanol–water partition coefficient (Wildman–Crippen LogP) is 6.29. The molecule has 1 N–H and O–H groups in total. The summed E-state index contributed by atoms with van der Waals surface area (Å²) in [6.45, 7) is 0. The molecule has 4 aromatic carbocycles. The minimum atomic E-state index is -1.41. The van der Waals surface area contributed by atoms with Crippen LogP contribution in [-0.4, -0.2) is 10.1 Å². The van der Waals surface area contributed by atoms with Crippen molar-refractivity contribution in [3.05, 3.63) is 126 Å². The molecule has 1 aromatic heterocycles. The van der Waals surface area contributed by atoms with Gasteiger partial charge in [-0.2, -0.15) is 0 Å². The van der Waals surface area contributed by atoms with Crippen molar-refractivity contribution >= 4 is 10.9 Å². The molecule has 148 valence electrons. The summed E-state index contributed by atoms with van der Waals surface area (Å²) < 4.78 is 6.15. The zero-order chi connectivity index (χ0) is 20.8. The van der Waals surface area contributed by atoms with Crippen LogP contribution in [0.15, 0.2) is 109 Å². The zero-order valence-corrected chi connectivity index (χ0v) is 16.7. The van der Waals surface area contributed by atoms with Crippen molar-refractivity contribution in [2.24, 2.45) is 0 Å². The van der Waals surface area contributed by atoms with Crippen LogP contribution in [0.1, 0.15) is 16.7 Å². The maximum absolute atomic E-state index is 12.5. The van der Waals surface area contributed by atoms with Gasteiger partial charge < -0.3 is 9.84 Å². The minimum absolute atomic E-state index is 0.649. The van der Waals surface area contributed by atoms with Gasteiger partial charge in [0.1, 0.15) is 17.1 Å². The average molecular weight is 401 g/mol. The fourth-order valence-electron chi connectivity index (χ4n) is 4.47. The highest BCUT2D eigenvalue weighted by Gasteiger charge is 2.44. The van der Waals surface area contributed by atoms with Gasteiger partial charge in [-0.05, 0) is 24.3 Å². The Labute approximate surface area is 180 Å². The molecule has 2 heterocycles. The molecule has 0 amide bonds. The number of aromatic nitrogens is 1. The van der Waals surface area contributed by atoms with E-state index >= 15 is 0 Å². The lowest BCUT2D eigenvalue weighted by atomic mass is 9.76. The van der Waals surface area contributed by atoms with E-state index in [0.717, 1.165) is 27.7 Å². The molecule has 1 aliphatic heterocycles. The maximum atomic E-state index is 12.5. The van der Waals surface area contributed by atoms with Crippen LogP contribution in [0.25, 0.3) is 22.2 Å². The molecule has 0 unspecified atom stereocenters. The van der Waals surface area contributed by atoms with Crippen LogP contribution >= 0.6 is 0 Å². The molecule has 0 saturated heterocycles. The van der Waals surface area contributed by atoms with E-state index in [9.17, 15) is 5.11 Å². The summed E-state index contributed by atoms with van der Waals surface area (Å²) in [4.78, 5) is 5.01. The first kappa shape index (κ1) is 17.9. The number of ether oxygens (including phenoxy) is 1. The molecule has 0 saturated carbocycles. The number of benzene rings is 4. The molecule has 0 spiro atoms. The van der Waals surface area contributed by atoms with Crippen molar-refractivity contribution in [3.8, 4) is 22.8 Å². The van der Waals surface area contributed by atoms with Gasteiger partial charge in [0.2, 0.25) is 0 Å². The Kier molecular flexibility index (Phi) is 3.92. The zero-order valence-electron chi connectivity index (χ0n) is 16.7. The summed E-state index contributed by atoms with van der Waals surface area (Å²) in [5.74, 6) is 1.30. The first-order valence-electron chi connectivity index (χ1n) is 10.3. The second-order valence-corrected chi connectivity index (χ2v) is 7.75. The molecule has 0 bridgehead atoms. The first-order chi connectivity index (χ1) is 15.2. The van der Waals surface area contributed by atoms with Crippen LogP contribution in [0.4, 0.5) is 0 Å². The molecule has 31 heavy (non-hydrogen) atoms. The van der Waals surface area contributed by atoms with Crippen molar-refractivity contribution in [2.75, 3.05) is 0 Å². The Morgan fingerprint density at radius 1 is 0.613 bits per heavy atom. The van der Waals surface area contributed by atoms with Crippen LogP contribution < -0.4 is 4.74 Å². The lowest BCUT2D eigenvalue weighted by Crippen LogP contribution is -2.33. The molecule has 5 aromatic rings. The summed E-state index contributed by atoms with van der Waals surface area (Å²) in [6, 6.07) is 35.4. The smallest absolute Gasteiger partial charge is 0.149 e. The Morgan fingerprint density at radius 3 is 1.90 bits per heavy atom.